The fourth-order valence-corrected chi connectivity index (χ4v) is 2.97. The van der Waals surface area contributed by atoms with Gasteiger partial charge in [-0.15, -0.1) is 0 Å². The summed E-state index contributed by atoms with van der Waals surface area (Å²) in [7, 11) is 0. The maximum Gasteiger partial charge on any atom is 0.311 e. The predicted octanol–water partition coefficient (Wildman–Crippen LogP) is 2.78. The first-order valence-corrected chi connectivity index (χ1v) is 8.28. The van der Waals surface area contributed by atoms with E-state index in [4.69, 9.17) is 4.42 Å². The van der Waals surface area contributed by atoms with E-state index in [-0.39, 0.29) is 18.2 Å². The minimum Gasteiger partial charge on any atom is -0.481 e. The van der Waals surface area contributed by atoms with Crippen LogP contribution in [0.2, 0.25) is 0 Å². The van der Waals surface area contributed by atoms with Crippen LogP contribution in [0.3, 0.4) is 0 Å². The number of carbonyl (C=O) groups is 3. The number of nitrogens with zero attached hydrogens (tertiary/aromatic N) is 1. The van der Waals surface area contributed by atoms with Gasteiger partial charge in [-0.2, -0.15) is 0 Å². The molecule has 136 valence electrons. The molecule has 0 bridgehead atoms. The number of carbonyl (C=O) groups excluding carboxylic acids is 2. The van der Waals surface area contributed by atoms with Crippen LogP contribution in [-0.4, -0.2) is 40.9 Å². The van der Waals surface area contributed by atoms with Crippen LogP contribution in [0.1, 0.15) is 39.8 Å². The number of hydrogen-bond donors (Lipinski definition) is 2. The molecule has 7 nitrogen and oxygen atoms in total. The summed E-state index contributed by atoms with van der Waals surface area (Å²) in [5.74, 6) is -1.37. The molecule has 1 aliphatic rings. The van der Waals surface area contributed by atoms with Gasteiger partial charge in [0, 0.05) is 24.3 Å². The molecule has 2 N–H and O–H groups in total. The van der Waals surface area contributed by atoms with Crippen molar-refractivity contribution in [1.29, 1.82) is 0 Å². The molecule has 0 radical (unpaired) electrons. The number of amides is 2. The molecule has 0 aliphatic carbocycles. The summed E-state index contributed by atoms with van der Waals surface area (Å²) in [6.07, 6.45) is 1.83. The average molecular weight is 356 g/mol. The third kappa shape index (κ3) is 3.33. The molecule has 1 unspecified atom stereocenters. The fraction of sp³-hybridized carbons (Fsp3) is 0.316. The zero-order valence-corrected chi connectivity index (χ0v) is 14.6. The standard InChI is InChI=1S/C19H20N2O5/c1-12-5-6-13(10-14(12)20-16(22)15-4-3-9-26-15)17(23)21-8-7-19(2,11-21)18(24)25/h3-6,9-10H,7-8,11H2,1-2H3,(H,20,22)(H,24,25). The van der Waals surface area contributed by atoms with E-state index in [1.165, 1.54) is 11.2 Å². The van der Waals surface area contributed by atoms with Gasteiger partial charge in [0.05, 0.1) is 11.7 Å². The van der Waals surface area contributed by atoms with E-state index in [2.05, 4.69) is 5.32 Å². The lowest BCUT2D eigenvalue weighted by Crippen LogP contribution is -2.34. The molecule has 2 amide bonds. The molecule has 0 spiro atoms. The number of hydrogen-bond acceptors (Lipinski definition) is 4. The van der Waals surface area contributed by atoms with Crippen molar-refractivity contribution in [2.24, 2.45) is 5.41 Å². The van der Waals surface area contributed by atoms with Crippen LogP contribution in [-0.2, 0) is 4.79 Å². The lowest BCUT2D eigenvalue weighted by Gasteiger charge is -2.20. The number of carboxylic acid groups (broad SMARTS) is 1. The van der Waals surface area contributed by atoms with E-state index in [9.17, 15) is 19.5 Å². The van der Waals surface area contributed by atoms with Gasteiger partial charge in [-0.1, -0.05) is 6.07 Å². The Kier molecular flexibility index (Phi) is 4.54. The van der Waals surface area contributed by atoms with Crippen LogP contribution < -0.4 is 5.32 Å². The molecule has 3 rings (SSSR count). The molecule has 1 aromatic heterocycles. The summed E-state index contributed by atoms with van der Waals surface area (Å²) in [4.78, 5) is 37.8. The Morgan fingerprint density at radius 2 is 2.04 bits per heavy atom. The Bertz CT molecular complexity index is 859. The summed E-state index contributed by atoms with van der Waals surface area (Å²) >= 11 is 0. The van der Waals surface area contributed by atoms with E-state index in [0.717, 1.165) is 5.56 Å². The molecule has 2 heterocycles. The van der Waals surface area contributed by atoms with Gasteiger partial charge in [-0.25, -0.2) is 0 Å². The molecule has 26 heavy (non-hydrogen) atoms. The average Bonchev–Trinajstić information content (AvgIpc) is 3.26. The second-order valence-electron chi connectivity index (χ2n) is 6.80. The van der Waals surface area contributed by atoms with E-state index in [1.807, 2.05) is 6.92 Å². The minimum atomic E-state index is -0.920. The zero-order valence-electron chi connectivity index (χ0n) is 14.6. The quantitative estimate of drug-likeness (QED) is 0.877. The van der Waals surface area contributed by atoms with Gasteiger partial charge >= 0.3 is 5.97 Å². The first-order chi connectivity index (χ1) is 12.3. The Morgan fingerprint density at radius 3 is 2.65 bits per heavy atom. The van der Waals surface area contributed by atoms with Crippen LogP contribution in [0.15, 0.2) is 41.0 Å². The summed E-state index contributed by atoms with van der Waals surface area (Å²) in [6.45, 7) is 4.03. The highest BCUT2D eigenvalue weighted by atomic mass is 16.4. The first-order valence-electron chi connectivity index (χ1n) is 8.28. The summed E-state index contributed by atoms with van der Waals surface area (Å²) in [5.41, 5.74) is 0.798. The Balaban J connectivity index is 1.78. The van der Waals surface area contributed by atoms with Crippen molar-refractivity contribution in [3.05, 3.63) is 53.5 Å². The predicted molar refractivity (Wildman–Crippen MR) is 94.1 cm³/mol. The number of nitrogens with one attached hydrogen (secondary N) is 1. The Labute approximate surface area is 150 Å². The highest BCUT2D eigenvalue weighted by Crippen LogP contribution is 2.31. The fourth-order valence-electron chi connectivity index (χ4n) is 2.97. The normalized spacial score (nSPS) is 19.4. The van der Waals surface area contributed by atoms with Crippen LogP contribution in [0.5, 0.6) is 0 Å². The van der Waals surface area contributed by atoms with Crippen molar-refractivity contribution in [3.63, 3.8) is 0 Å². The number of aryl methyl sites for hydroxylation is 1. The highest BCUT2D eigenvalue weighted by Gasteiger charge is 2.42. The second-order valence-corrected chi connectivity index (χ2v) is 6.80. The van der Waals surface area contributed by atoms with Crippen LogP contribution in [0.25, 0.3) is 0 Å². The molecule has 1 saturated heterocycles. The van der Waals surface area contributed by atoms with Gasteiger partial charge < -0.3 is 19.7 Å². The van der Waals surface area contributed by atoms with Gasteiger partial charge in [0.2, 0.25) is 0 Å². The number of aliphatic carboxylic acids is 1. The van der Waals surface area contributed by atoms with Crippen molar-refractivity contribution < 1.29 is 23.9 Å². The van der Waals surface area contributed by atoms with Crippen molar-refractivity contribution in [2.75, 3.05) is 18.4 Å². The van der Waals surface area contributed by atoms with Gasteiger partial charge in [0.15, 0.2) is 5.76 Å². The monoisotopic (exact) mass is 356 g/mol. The maximum absolute atomic E-state index is 12.7. The van der Waals surface area contributed by atoms with Gasteiger partial charge in [0.25, 0.3) is 11.8 Å². The number of anilines is 1. The SMILES string of the molecule is Cc1ccc(C(=O)N2CCC(C)(C(=O)O)C2)cc1NC(=O)c1ccco1. The van der Waals surface area contributed by atoms with Crippen LogP contribution in [0, 0.1) is 12.3 Å². The Hall–Kier alpha value is -3.09. The zero-order chi connectivity index (χ0) is 18.9. The van der Waals surface area contributed by atoms with Crippen LogP contribution in [0.4, 0.5) is 5.69 Å². The lowest BCUT2D eigenvalue weighted by atomic mass is 9.90. The third-order valence-corrected chi connectivity index (χ3v) is 4.75. The molecule has 1 fully saturated rings. The Morgan fingerprint density at radius 1 is 1.27 bits per heavy atom. The number of benzene rings is 1. The third-order valence-electron chi connectivity index (χ3n) is 4.75. The summed E-state index contributed by atoms with van der Waals surface area (Å²) in [5, 5.41) is 12.1. The number of furan rings is 1. The van der Waals surface area contributed by atoms with Crippen molar-refractivity contribution in [2.45, 2.75) is 20.3 Å². The van der Waals surface area contributed by atoms with Crippen molar-refractivity contribution in [1.82, 2.24) is 4.90 Å². The van der Waals surface area contributed by atoms with E-state index in [0.29, 0.717) is 24.2 Å². The van der Waals surface area contributed by atoms with E-state index in [1.54, 1.807) is 37.3 Å². The molecular formula is C19H20N2O5. The summed E-state index contributed by atoms with van der Waals surface area (Å²) in [6, 6.07) is 8.20. The van der Waals surface area contributed by atoms with Crippen LogP contribution >= 0.6 is 0 Å². The van der Waals surface area contributed by atoms with Crippen molar-refractivity contribution >= 4 is 23.5 Å². The molecule has 1 aromatic carbocycles. The molecule has 1 atom stereocenters. The first kappa shape index (κ1) is 17.7. The van der Waals surface area contributed by atoms with E-state index < -0.39 is 17.3 Å². The van der Waals surface area contributed by atoms with E-state index >= 15 is 0 Å². The topological polar surface area (TPSA) is 99.9 Å². The second kappa shape index (κ2) is 6.67. The molecule has 1 aliphatic heterocycles. The molecular weight excluding hydrogens is 336 g/mol. The molecule has 2 aromatic rings. The maximum atomic E-state index is 12.7. The molecule has 7 heteroatoms. The number of rotatable bonds is 4. The number of carboxylic acids is 1. The summed E-state index contributed by atoms with van der Waals surface area (Å²) < 4.78 is 5.07. The van der Waals surface area contributed by atoms with Crippen molar-refractivity contribution in [3.8, 4) is 0 Å². The molecule has 0 saturated carbocycles. The largest absolute Gasteiger partial charge is 0.481 e. The highest BCUT2D eigenvalue weighted by molar-refractivity contribution is 6.04. The smallest absolute Gasteiger partial charge is 0.311 e. The van der Waals surface area contributed by atoms with Gasteiger partial charge in [-0.3, -0.25) is 14.4 Å². The van der Waals surface area contributed by atoms with Gasteiger partial charge in [-0.05, 0) is 50.1 Å². The lowest BCUT2D eigenvalue weighted by molar-refractivity contribution is -0.147. The minimum absolute atomic E-state index is 0.170. The number of likely N-dealkylation sites (tertiary alicyclic amines) is 1. The van der Waals surface area contributed by atoms with Gasteiger partial charge in [0.1, 0.15) is 0 Å².